The van der Waals surface area contributed by atoms with Crippen LogP contribution in [0.15, 0.2) is 70.4 Å². The quantitative estimate of drug-likeness (QED) is 0.306. The van der Waals surface area contributed by atoms with Crippen LogP contribution in [0.25, 0.3) is 22.0 Å². The molecule has 4 rings (SSSR count). The Morgan fingerprint density at radius 2 is 1.52 bits per heavy atom. The standard InChI is InChI=1S/C15H8BrN3.C4H2BrClN2/c16-14-8-18-9-19-15(14)13-6-5-10(7-17)11-3-1-2-4-12(11)13;5-3-1-7-2-8-4(3)6/h1-6,8-9H;1-2H. The largest absolute Gasteiger partial charge is 0.244 e. The molecule has 0 saturated heterocycles. The second-order valence-corrected chi connectivity index (χ2v) is 7.27. The van der Waals surface area contributed by atoms with Crippen molar-refractivity contribution in [3.63, 3.8) is 0 Å². The molecule has 0 spiro atoms. The van der Waals surface area contributed by atoms with Crippen molar-refractivity contribution in [3.8, 4) is 17.3 Å². The first kappa shape index (κ1) is 19.4. The van der Waals surface area contributed by atoms with Gasteiger partial charge in [0.05, 0.1) is 26.3 Å². The van der Waals surface area contributed by atoms with E-state index in [0.29, 0.717) is 10.7 Å². The zero-order valence-electron chi connectivity index (χ0n) is 13.6. The predicted octanol–water partition coefficient (Wildman–Crippen LogP) is 5.82. The van der Waals surface area contributed by atoms with Gasteiger partial charge in [0.15, 0.2) is 0 Å². The van der Waals surface area contributed by atoms with Crippen LogP contribution >= 0.6 is 43.5 Å². The maximum absolute atomic E-state index is 9.17. The summed E-state index contributed by atoms with van der Waals surface area (Å²) in [5, 5.41) is 11.6. The van der Waals surface area contributed by atoms with Crippen molar-refractivity contribution in [2.24, 2.45) is 0 Å². The summed E-state index contributed by atoms with van der Waals surface area (Å²) in [6, 6.07) is 13.8. The van der Waals surface area contributed by atoms with E-state index in [9.17, 15) is 0 Å². The maximum atomic E-state index is 9.17. The molecule has 0 atom stereocenters. The van der Waals surface area contributed by atoms with E-state index in [4.69, 9.17) is 16.9 Å². The first-order chi connectivity index (χ1) is 13.1. The van der Waals surface area contributed by atoms with Gasteiger partial charge in [-0.25, -0.2) is 19.9 Å². The van der Waals surface area contributed by atoms with Crippen molar-refractivity contribution in [2.45, 2.75) is 0 Å². The number of hydrogen-bond acceptors (Lipinski definition) is 5. The second-order valence-electron chi connectivity index (χ2n) is 5.20. The second kappa shape index (κ2) is 9.00. The van der Waals surface area contributed by atoms with E-state index in [1.165, 1.54) is 12.7 Å². The minimum atomic E-state index is 0.444. The van der Waals surface area contributed by atoms with Crippen molar-refractivity contribution in [1.29, 1.82) is 5.26 Å². The Kier molecular flexibility index (Phi) is 6.45. The molecule has 4 aromatic rings. The molecule has 0 unspecified atom stereocenters. The number of hydrogen-bond donors (Lipinski definition) is 0. The molecule has 0 aliphatic carbocycles. The summed E-state index contributed by atoms with van der Waals surface area (Å²) in [4.78, 5) is 15.7. The van der Waals surface area contributed by atoms with Gasteiger partial charge in [0, 0.05) is 23.3 Å². The Morgan fingerprint density at radius 3 is 2.11 bits per heavy atom. The molecule has 27 heavy (non-hydrogen) atoms. The van der Waals surface area contributed by atoms with E-state index >= 15 is 0 Å². The van der Waals surface area contributed by atoms with E-state index in [1.54, 1.807) is 12.4 Å². The Bertz CT molecular complexity index is 1120. The minimum Gasteiger partial charge on any atom is -0.244 e. The van der Waals surface area contributed by atoms with Crippen molar-refractivity contribution < 1.29 is 0 Å². The SMILES string of the molecule is Clc1ncncc1Br.N#Cc1ccc(-c2ncncc2Br)c2ccccc12. The molecule has 0 saturated carbocycles. The van der Waals surface area contributed by atoms with E-state index in [2.05, 4.69) is 57.9 Å². The van der Waals surface area contributed by atoms with Gasteiger partial charge < -0.3 is 0 Å². The molecule has 0 aliphatic heterocycles. The van der Waals surface area contributed by atoms with Crippen LogP contribution in [0.5, 0.6) is 0 Å². The molecule has 8 heteroatoms. The van der Waals surface area contributed by atoms with Crippen LogP contribution in [0, 0.1) is 11.3 Å². The van der Waals surface area contributed by atoms with Gasteiger partial charge in [-0.3, -0.25) is 0 Å². The molecular formula is C19H10Br2ClN5. The Labute approximate surface area is 177 Å². The molecule has 0 bridgehead atoms. The zero-order chi connectivity index (χ0) is 19.2. The monoisotopic (exact) mass is 501 g/mol. The highest BCUT2D eigenvalue weighted by Gasteiger charge is 2.10. The molecule has 2 aromatic heterocycles. The Morgan fingerprint density at radius 1 is 0.852 bits per heavy atom. The van der Waals surface area contributed by atoms with Crippen LogP contribution in [-0.2, 0) is 0 Å². The number of nitrogens with zero attached hydrogens (tertiary/aromatic N) is 5. The van der Waals surface area contributed by atoms with Crippen molar-refractivity contribution in [1.82, 2.24) is 19.9 Å². The van der Waals surface area contributed by atoms with Gasteiger partial charge in [0.25, 0.3) is 0 Å². The predicted molar refractivity (Wildman–Crippen MR) is 112 cm³/mol. The van der Waals surface area contributed by atoms with Gasteiger partial charge in [-0.2, -0.15) is 5.26 Å². The molecule has 2 heterocycles. The lowest BCUT2D eigenvalue weighted by atomic mass is 9.98. The van der Waals surface area contributed by atoms with Crippen molar-refractivity contribution in [2.75, 3.05) is 0 Å². The average Bonchev–Trinajstić information content (AvgIpc) is 2.70. The normalized spacial score (nSPS) is 10.0. The van der Waals surface area contributed by atoms with Crippen LogP contribution in [0.1, 0.15) is 5.56 Å². The van der Waals surface area contributed by atoms with Crippen LogP contribution in [0.2, 0.25) is 5.15 Å². The van der Waals surface area contributed by atoms with Gasteiger partial charge >= 0.3 is 0 Å². The molecular weight excluding hydrogens is 494 g/mol. The van der Waals surface area contributed by atoms with Crippen molar-refractivity contribution in [3.05, 3.63) is 81.1 Å². The fourth-order valence-electron chi connectivity index (χ4n) is 2.41. The van der Waals surface area contributed by atoms with Gasteiger partial charge in [-0.05, 0) is 43.3 Å². The van der Waals surface area contributed by atoms with Crippen LogP contribution < -0.4 is 0 Å². The van der Waals surface area contributed by atoms with Gasteiger partial charge in [-0.1, -0.05) is 41.9 Å². The third-order valence-corrected chi connectivity index (χ3v) is 5.28. The van der Waals surface area contributed by atoms with E-state index in [-0.39, 0.29) is 0 Å². The third-order valence-electron chi connectivity index (χ3n) is 3.59. The number of rotatable bonds is 1. The summed E-state index contributed by atoms with van der Waals surface area (Å²) in [6.07, 6.45) is 6.23. The topological polar surface area (TPSA) is 75.3 Å². The highest BCUT2D eigenvalue weighted by Crippen LogP contribution is 2.32. The highest BCUT2D eigenvalue weighted by atomic mass is 79.9. The Balaban J connectivity index is 0.000000221. The molecule has 0 N–H and O–H groups in total. The fourth-order valence-corrected chi connectivity index (χ4v) is 3.16. The average molecular weight is 504 g/mol. The molecule has 0 fully saturated rings. The van der Waals surface area contributed by atoms with Gasteiger partial charge in [0.1, 0.15) is 17.8 Å². The molecule has 132 valence electrons. The van der Waals surface area contributed by atoms with Crippen LogP contribution in [0.4, 0.5) is 0 Å². The fraction of sp³-hybridized carbons (Fsp3) is 0. The Hall–Kier alpha value is -2.40. The molecule has 2 aromatic carbocycles. The van der Waals surface area contributed by atoms with Crippen molar-refractivity contribution >= 4 is 54.2 Å². The number of aromatic nitrogens is 4. The number of benzene rings is 2. The summed E-state index contributed by atoms with van der Waals surface area (Å²) in [7, 11) is 0. The first-order valence-electron chi connectivity index (χ1n) is 7.60. The maximum Gasteiger partial charge on any atom is 0.146 e. The van der Waals surface area contributed by atoms with Crippen LogP contribution in [-0.4, -0.2) is 19.9 Å². The summed E-state index contributed by atoms with van der Waals surface area (Å²) in [6.45, 7) is 0. The summed E-state index contributed by atoms with van der Waals surface area (Å²) in [5.74, 6) is 0. The highest BCUT2D eigenvalue weighted by molar-refractivity contribution is 9.10. The molecule has 0 amide bonds. The lowest BCUT2D eigenvalue weighted by Crippen LogP contribution is -1.90. The number of nitriles is 1. The minimum absolute atomic E-state index is 0.444. The first-order valence-corrected chi connectivity index (χ1v) is 9.57. The number of fused-ring (bicyclic) bond motifs is 1. The lowest BCUT2D eigenvalue weighted by Gasteiger charge is -2.08. The van der Waals surface area contributed by atoms with Gasteiger partial charge in [-0.15, -0.1) is 0 Å². The van der Waals surface area contributed by atoms with E-state index < -0.39 is 0 Å². The zero-order valence-corrected chi connectivity index (χ0v) is 17.6. The molecule has 0 aliphatic rings. The van der Waals surface area contributed by atoms with E-state index in [0.717, 1.165) is 31.0 Å². The smallest absolute Gasteiger partial charge is 0.146 e. The number of halogens is 3. The van der Waals surface area contributed by atoms with Crippen LogP contribution in [0.3, 0.4) is 0 Å². The third kappa shape index (κ3) is 4.48. The summed E-state index contributed by atoms with van der Waals surface area (Å²) >= 11 is 12.1. The van der Waals surface area contributed by atoms with E-state index in [1.807, 2.05) is 36.4 Å². The molecule has 0 radical (unpaired) electrons. The summed E-state index contributed by atoms with van der Waals surface area (Å²) < 4.78 is 1.56. The van der Waals surface area contributed by atoms with Gasteiger partial charge in [0.2, 0.25) is 0 Å². The lowest BCUT2D eigenvalue weighted by molar-refractivity contribution is 1.15. The molecule has 5 nitrogen and oxygen atoms in total. The summed E-state index contributed by atoms with van der Waals surface area (Å²) in [5.41, 5.74) is 2.49.